The second-order valence-electron chi connectivity index (χ2n) is 6.73. The highest BCUT2D eigenvalue weighted by atomic mass is 16.5. The van der Waals surface area contributed by atoms with Crippen LogP contribution in [0.25, 0.3) is 0 Å². The number of nitrogens with one attached hydrogen (secondary N) is 1. The van der Waals surface area contributed by atoms with Crippen molar-refractivity contribution in [3.63, 3.8) is 0 Å². The quantitative estimate of drug-likeness (QED) is 0.915. The van der Waals surface area contributed by atoms with Gasteiger partial charge in [0.1, 0.15) is 0 Å². The maximum Gasteiger partial charge on any atom is 0.161 e. The van der Waals surface area contributed by atoms with Crippen LogP contribution in [0.2, 0.25) is 0 Å². The third-order valence-electron chi connectivity index (χ3n) is 5.30. The second-order valence-corrected chi connectivity index (χ2v) is 6.73. The number of benzene rings is 2. The van der Waals surface area contributed by atoms with Gasteiger partial charge in [-0.05, 0) is 47.4 Å². The summed E-state index contributed by atoms with van der Waals surface area (Å²) in [5.41, 5.74) is 5.13. The molecule has 0 aromatic heterocycles. The number of hydrogen-bond acceptors (Lipinski definition) is 5. The molecule has 1 fully saturated rings. The lowest BCUT2D eigenvalue weighted by Crippen LogP contribution is -2.36. The lowest BCUT2D eigenvalue weighted by atomic mass is 9.89. The van der Waals surface area contributed by atoms with Gasteiger partial charge >= 0.3 is 0 Å². The number of fused-ring (bicyclic) bond motifs is 1. The molecule has 2 aromatic carbocycles. The molecule has 0 amide bonds. The Morgan fingerprint density at radius 1 is 1.00 bits per heavy atom. The second kappa shape index (κ2) is 7.56. The molecule has 26 heavy (non-hydrogen) atoms. The first-order chi connectivity index (χ1) is 12.8. The first-order valence-electron chi connectivity index (χ1n) is 9.21. The zero-order valence-corrected chi connectivity index (χ0v) is 15.5. The van der Waals surface area contributed by atoms with Gasteiger partial charge in [0.05, 0.1) is 33.5 Å². The van der Waals surface area contributed by atoms with Crippen LogP contribution in [0.5, 0.6) is 11.5 Å². The van der Waals surface area contributed by atoms with Gasteiger partial charge in [-0.15, -0.1) is 0 Å². The highest BCUT2D eigenvalue weighted by Crippen LogP contribution is 2.37. The topological polar surface area (TPSA) is 43.0 Å². The number of methoxy groups -OCH3 is 2. The minimum absolute atomic E-state index is 0.178. The van der Waals surface area contributed by atoms with Crippen LogP contribution in [0, 0.1) is 0 Å². The fraction of sp³-hybridized carbons (Fsp3) is 0.429. The van der Waals surface area contributed by atoms with Crippen LogP contribution in [0.4, 0.5) is 5.69 Å². The summed E-state index contributed by atoms with van der Waals surface area (Å²) in [6, 6.07) is 13.3. The summed E-state index contributed by atoms with van der Waals surface area (Å²) in [4.78, 5) is 2.38. The molecule has 1 N–H and O–H groups in total. The molecule has 2 aromatic rings. The van der Waals surface area contributed by atoms with Gasteiger partial charge in [-0.25, -0.2) is 0 Å². The van der Waals surface area contributed by atoms with E-state index in [2.05, 4.69) is 46.6 Å². The Morgan fingerprint density at radius 3 is 2.38 bits per heavy atom. The summed E-state index contributed by atoms with van der Waals surface area (Å²) in [6.45, 7) is 4.49. The van der Waals surface area contributed by atoms with Crippen LogP contribution in [0.3, 0.4) is 0 Å². The Labute approximate surface area is 154 Å². The summed E-state index contributed by atoms with van der Waals surface area (Å²) in [5, 5.41) is 3.65. The number of morpholine rings is 1. The van der Waals surface area contributed by atoms with E-state index >= 15 is 0 Å². The molecule has 5 nitrogen and oxygen atoms in total. The van der Waals surface area contributed by atoms with Crippen molar-refractivity contribution in [1.29, 1.82) is 0 Å². The van der Waals surface area contributed by atoms with Crippen LogP contribution in [0.1, 0.15) is 22.7 Å². The van der Waals surface area contributed by atoms with Crippen LogP contribution < -0.4 is 19.7 Å². The van der Waals surface area contributed by atoms with E-state index in [0.29, 0.717) is 0 Å². The SMILES string of the molecule is COc1cc2c(cc1OC)C(c1ccc(N3CCOCC3)cc1)NCC2. The van der Waals surface area contributed by atoms with E-state index in [0.717, 1.165) is 50.8 Å². The molecule has 0 spiro atoms. The van der Waals surface area contributed by atoms with Crippen molar-refractivity contribution in [3.8, 4) is 11.5 Å². The first-order valence-corrected chi connectivity index (χ1v) is 9.21. The molecule has 2 aliphatic rings. The lowest BCUT2D eigenvalue weighted by Gasteiger charge is -2.31. The smallest absolute Gasteiger partial charge is 0.161 e. The Bertz CT molecular complexity index is 755. The van der Waals surface area contributed by atoms with Crippen molar-refractivity contribution < 1.29 is 14.2 Å². The molecule has 4 rings (SSSR count). The van der Waals surface area contributed by atoms with Gasteiger partial charge in [0, 0.05) is 25.3 Å². The summed E-state index contributed by atoms with van der Waals surface area (Å²) in [7, 11) is 3.37. The van der Waals surface area contributed by atoms with Gasteiger partial charge in [-0.2, -0.15) is 0 Å². The van der Waals surface area contributed by atoms with E-state index in [1.165, 1.54) is 22.4 Å². The molecule has 138 valence electrons. The van der Waals surface area contributed by atoms with Crippen molar-refractivity contribution in [1.82, 2.24) is 5.32 Å². The molecule has 1 atom stereocenters. The summed E-state index contributed by atoms with van der Waals surface area (Å²) < 4.78 is 16.4. The summed E-state index contributed by atoms with van der Waals surface area (Å²) in [6.07, 6.45) is 0.998. The highest BCUT2D eigenvalue weighted by molar-refractivity contribution is 5.53. The molecule has 0 radical (unpaired) electrons. The van der Waals surface area contributed by atoms with Crippen LogP contribution in [-0.2, 0) is 11.2 Å². The maximum atomic E-state index is 5.51. The van der Waals surface area contributed by atoms with Crippen LogP contribution in [-0.4, -0.2) is 47.1 Å². The van der Waals surface area contributed by atoms with E-state index in [9.17, 15) is 0 Å². The van der Waals surface area contributed by atoms with Gasteiger partial charge in [-0.3, -0.25) is 0 Å². The predicted octanol–water partition coefficient (Wildman–Crippen LogP) is 2.78. The van der Waals surface area contributed by atoms with E-state index in [4.69, 9.17) is 14.2 Å². The largest absolute Gasteiger partial charge is 0.493 e. The standard InChI is InChI=1S/C21H26N2O3/c1-24-19-13-16-7-8-22-21(18(16)14-20(19)25-2)15-3-5-17(6-4-15)23-9-11-26-12-10-23/h3-6,13-14,21-22H,7-12H2,1-2H3. The average Bonchev–Trinajstić information content (AvgIpc) is 2.73. The van der Waals surface area contributed by atoms with E-state index in [-0.39, 0.29) is 6.04 Å². The first kappa shape index (κ1) is 17.2. The molecular formula is C21H26N2O3. The normalized spacial score (nSPS) is 19.8. The summed E-state index contributed by atoms with van der Waals surface area (Å²) in [5.74, 6) is 1.58. The summed E-state index contributed by atoms with van der Waals surface area (Å²) >= 11 is 0. The highest BCUT2D eigenvalue weighted by Gasteiger charge is 2.24. The number of anilines is 1. The average molecular weight is 354 g/mol. The van der Waals surface area contributed by atoms with Gasteiger partial charge < -0.3 is 24.4 Å². The van der Waals surface area contributed by atoms with Gasteiger partial charge in [0.2, 0.25) is 0 Å². The van der Waals surface area contributed by atoms with Crippen LogP contribution >= 0.6 is 0 Å². The monoisotopic (exact) mass is 354 g/mol. The van der Waals surface area contributed by atoms with Crippen molar-refractivity contribution in [3.05, 3.63) is 53.1 Å². The lowest BCUT2D eigenvalue weighted by molar-refractivity contribution is 0.122. The van der Waals surface area contributed by atoms with Crippen LogP contribution in [0.15, 0.2) is 36.4 Å². The molecule has 2 heterocycles. The van der Waals surface area contributed by atoms with Crippen molar-refractivity contribution >= 4 is 5.69 Å². The number of nitrogens with zero attached hydrogens (tertiary/aromatic N) is 1. The van der Waals surface area contributed by atoms with E-state index in [1.54, 1.807) is 14.2 Å². The van der Waals surface area contributed by atoms with E-state index < -0.39 is 0 Å². The van der Waals surface area contributed by atoms with Crippen molar-refractivity contribution in [2.45, 2.75) is 12.5 Å². The molecule has 2 aliphatic heterocycles. The number of ether oxygens (including phenoxy) is 3. The number of hydrogen-bond donors (Lipinski definition) is 1. The zero-order valence-electron chi connectivity index (χ0n) is 15.5. The third-order valence-corrected chi connectivity index (χ3v) is 5.30. The fourth-order valence-corrected chi connectivity index (χ4v) is 3.88. The van der Waals surface area contributed by atoms with Gasteiger partial charge in [0.25, 0.3) is 0 Å². The molecule has 5 heteroatoms. The fourth-order valence-electron chi connectivity index (χ4n) is 3.88. The Hall–Kier alpha value is -2.24. The predicted molar refractivity (Wildman–Crippen MR) is 103 cm³/mol. The molecule has 1 saturated heterocycles. The Balaban J connectivity index is 1.63. The minimum Gasteiger partial charge on any atom is -0.493 e. The Morgan fingerprint density at radius 2 is 1.69 bits per heavy atom. The van der Waals surface area contributed by atoms with E-state index in [1.807, 2.05) is 0 Å². The van der Waals surface area contributed by atoms with Crippen molar-refractivity contribution in [2.24, 2.45) is 0 Å². The molecular weight excluding hydrogens is 328 g/mol. The van der Waals surface area contributed by atoms with Gasteiger partial charge in [-0.1, -0.05) is 12.1 Å². The molecule has 0 bridgehead atoms. The Kier molecular flexibility index (Phi) is 5.00. The third kappa shape index (κ3) is 3.24. The molecule has 1 unspecified atom stereocenters. The van der Waals surface area contributed by atoms with Gasteiger partial charge in [0.15, 0.2) is 11.5 Å². The maximum absolute atomic E-state index is 5.51. The molecule has 0 saturated carbocycles. The van der Waals surface area contributed by atoms with Crippen molar-refractivity contribution in [2.75, 3.05) is 52.0 Å². The zero-order chi connectivity index (χ0) is 17.9. The number of rotatable bonds is 4. The minimum atomic E-state index is 0.178. The molecule has 0 aliphatic carbocycles.